The van der Waals surface area contributed by atoms with Gasteiger partial charge in [-0.25, -0.2) is 0 Å². The average molecular weight is 305 g/mol. The number of nitrogens with zero attached hydrogens (tertiary/aromatic N) is 2. The van der Waals surface area contributed by atoms with E-state index in [0.717, 1.165) is 42.4 Å². The monoisotopic (exact) mass is 305 g/mol. The highest BCUT2D eigenvalue weighted by atomic mass is 15.3. The lowest BCUT2D eigenvalue weighted by atomic mass is 10.0. The van der Waals surface area contributed by atoms with Crippen molar-refractivity contribution < 1.29 is 0 Å². The number of fused-ring (bicyclic) bond motifs is 1. The molecule has 0 unspecified atom stereocenters. The van der Waals surface area contributed by atoms with E-state index in [9.17, 15) is 0 Å². The first-order valence-corrected chi connectivity index (χ1v) is 8.26. The van der Waals surface area contributed by atoms with Gasteiger partial charge in [0, 0.05) is 24.1 Å². The smallest absolute Gasteiger partial charge is 0.0682 e. The van der Waals surface area contributed by atoms with Gasteiger partial charge in [0.25, 0.3) is 0 Å². The van der Waals surface area contributed by atoms with E-state index < -0.39 is 0 Å². The molecule has 3 heteroatoms. The molecule has 0 atom stereocenters. The fraction of sp³-hybridized carbons (Fsp3) is 0.300. The lowest BCUT2D eigenvalue weighted by Gasteiger charge is -2.06. The Morgan fingerprint density at radius 2 is 1.78 bits per heavy atom. The summed E-state index contributed by atoms with van der Waals surface area (Å²) in [5.41, 5.74) is 5.68. The number of aryl methyl sites for hydroxylation is 2. The fourth-order valence-electron chi connectivity index (χ4n) is 2.86. The van der Waals surface area contributed by atoms with E-state index >= 15 is 0 Å². The van der Waals surface area contributed by atoms with E-state index in [0.29, 0.717) is 0 Å². The highest BCUT2D eigenvalue weighted by Crippen LogP contribution is 2.25. The first-order valence-electron chi connectivity index (χ1n) is 8.26. The lowest BCUT2D eigenvalue weighted by molar-refractivity contribution is 0.650. The molecule has 1 heterocycles. The molecule has 0 fully saturated rings. The Labute approximate surface area is 137 Å². The molecule has 1 N–H and O–H groups in total. The van der Waals surface area contributed by atoms with E-state index in [1.807, 2.05) is 10.9 Å². The minimum atomic E-state index is 0.782. The van der Waals surface area contributed by atoms with Crippen LogP contribution in [0.5, 0.6) is 0 Å². The predicted octanol–water partition coefficient (Wildman–Crippen LogP) is 5.22. The van der Waals surface area contributed by atoms with Gasteiger partial charge in [-0.1, -0.05) is 49.2 Å². The maximum absolute atomic E-state index is 7.92. The third-order valence-corrected chi connectivity index (χ3v) is 4.20. The van der Waals surface area contributed by atoms with E-state index in [1.165, 1.54) is 16.7 Å². The molecule has 118 valence electrons. The summed E-state index contributed by atoms with van der Waals surface area (Å²) < 4.78 is 2.01. The molecule has 23 heavy (non-hydrogen) atoms. The molecule has 3 nitrogen and oxygen atoms in total. The Morgan fingerprint density at radius 1 is 1.04 bits per heavy atom. The van der Waals surface area contributed by atoms with Gasteiger partial charge in [0.05, 0.1) is 11.7 Å². The minimum absolute atomic E-state index is 0.782. The Balaban J connectivity index is 1.82. The molecular formula is C20H23N3. The third kappa shape index (κ3) is 3.50. The summed E-state index contributed by atoms with van der Waals surface area (Å²) in [5, 5.41) is 13.6. The van der Waals surface area contributed by atoms with Gasteiger partial charge in [-0.05, 0) is 36.6 Å². The first-order chi connectivity index (χ1) is 11.2. The van der Waals surface area contributed by atoms with Crippen LogP contribution in [0.15, 0.2) is 48.7 Å². The summed E-state index contributed by atoms with van der Waals surface area (Å²) in [6, 6.07) is 15.1. The van der Waals surface area contributed by atoms with E-state index in [2.05, 4.69) is 61.4 Å². The van der Waals surface area contributed by atoms with E-state index in [1.54, 1.807) is 0 Å². The summed E-state index contributed by atoms with van der Waals surface area (Å²) in [6.07, 6.45) is 4.64. The molecule has 3 aromatic rings. The number of hydrogen-bond donors (Lipinski definition) is 1. The number of rotatable bonds is 6. The van der Waals surface area contributed by atoms with Crippen LogP contribution in [0.4, 0.5) is 0 Å². The molecule has 0 bridgehead atoms. The van der Waals surface area contributed by atoms with Gasteiger partial charge in [-0.2, -0.15) is 5.10 Å². The summed E-state index contributed by atoms with van der Waals surface area (Å²) in [6.45, 7) is 5.00. The standard InChI is InChI=1S/C20H23N3/c1-3-4-19(21)11-12-23-20-10-9-17(13-18(20)14-22-23)16-7-5-15(2)6-8-16/h5-10,13-14,21H,3-4,11-12H2,1-2H3. The van der Waals surface area contributed by atoms with Crippen LogP contribution < -0.4 is 0 Å². The first kappa shape index (κ1) is 15.5. The summed E-state index contributed by atoms with van der Waals surface area (Å²) in [4.78, 5) is 0. The van der Waals surface area contributed by atoms with Crippen molar-refractivity contribution in [3.05, 3.63) is 54.2 Å². The van der Waals surface area contributed by atoms with Crippen LogP contribution in [0.25, 0.3) is 22.0 Å². The molecule has 0 aliphatic carbocycles. The molecule has 1 aromatic heterocycles. The second-order valence-electron chi connectivity index (χ2n) is 6.11. The third-order valence-electron chi connectivity index (χ3n) is 4.20. The Kier molecular flexibility index (Phi) is 4.56. The van der Waals surface area contributed by atoms with Crippen LogP contribution in [0.1, 0.15) is 31.7 Å². The Hall–Kier alpha value is -2.42. The molecule has 0 saturated heterocycles. The number of nitrogens with one attached hydrogen (secondary N) is 1. The molecule has 0 saturated carbocycles. The van der Waals surface area contributed by atoms with E-state index in [-0.39, 0.29) is 0 Å². The van der Waals surface area contributed by atoms with Crippen LogP contribution in [-0.4, -0.2) is 15.5 Å². The molecule has 0 aliphatic heterocycles. The van der Waals surface area contributed by atoms with Gasteiger partial charge in [0.15, 0.2) is 0 Å². The molecule has 2 aromatic carbocycles. The van der Waals surface area contributed by atoms with Gasteiger partial charge in [-0.3, -0.25) is 4.68 Å². The predicted molar refractivity (Wildman–Crippen MR) is 97.2 cm³/mol. The molecule has 0 radical (unpaired) electrons. The molecule has 0 amide bonds. The van der Waals surface area contributed by atoms with Crippen molar-refractivity contribution in [1.29, 1.82) is 5.41 Å². The Morgan fingerprint density at radius 3 is 2.52 bits per heavy atom. The number of aromatic nitrogens is 2. The van der Waals surface area contributed by atoms with Crippen molar-refractivity contribution in [1.82, 2.24) is 9.78 Å². The minimum Gasteiger partial charge on any atom is -0.310 e. The van der Waals surface area contributed by atoms with Gasteiger partial charge >= 0.3 is 0 Å². The van der Waals surface area contributed by atoms with E-state index in [4.69, 9.17) is 5.41 Å². The van der Waals surface area contributed by atoms with Crippen molar-refractivity contribution in [2.75, 3.05) is 0 Å². The number of hydrogen-bond acceptors (Lipinski definition) is 2. The number of benzene rings is 2. The zero-order chi connectivity index (χ0) is 16.2. The van der Waals surface area contributed by atoms with Crippen LogP contribution in [0, 0.1) is 12.3 Å². The Bertz CT molecular complexity index is 813. The molecule has 0 spiro atoms. The summed E-state index contributed by atoms with van der Waals surface area (Å²) >= 11 is 0. The van der Waals surface area contributed by atoms with Gasteiger partial charge < -0.3 is 5.41 Å². The second-order valence-corrected chi connectivity index (χ2v) is 6.11. The van der Waals surface area contributed by atoms with Crippen LogP contribution >= 0.6 is 0 Å². The maximum atomic E-state index is 7.92. The zero-order valence-corrected chi connectivity index (χ0v) is 13.8. The van der Waals surface area contributed by atoms with Crippen molar-refractivity contribution >= 4 is 16.6 Å². The SMILES string of the molecule is CCCC(=N)CCn1ncc2cc(-c3ccc(C)cc3)ccc21. The normalized spacial score (nSPS) is 11.0. The van der Waals surface area contributed by atoms with Gasteiger partial charge in [0.2, 0.25) is 0 Å². The van der Waals surface area contributed by atoms with Crippen molar-refractivity contribution in [3.63, 3.8) is 0 Å². The topological polar surface area (TPSA) is 41.7 Å². The summed E-state index contributed by atoms with van der Waals surface area (Å²) in [5.74, 6) is 0. The zero-order valence-electron chi connectivity index (χ0n) is 13.8. The van der Waals surface area contributed by atoms with Crippen LogP contribution in [0.3, 0.4) is 0 Å². The van der Waals surface area contributed by atoms with Gasteiger partial charge in [0.1, 0.15) is 0 Å². The molecular weight excluding hydrogens is 282 g/mol. The van der Waals surface area contributed by atoms with Crippen molar-refractivity contribution in [3.8, 4) is 11.1 Å². The largest absolute Gasteiger partial charge is 0.310 e. The van der Waals surface area contributed by atoms with Crippen molar-refractivity contribution in [2.24, 2.45) is 0 Å². The van der Waals surface area contributed by atoms with Crippen molar-refractivity contribution in [2.45, 2.75) is 39.7 Å². The lowest BCUT2D eigenvalue weighted by Crippen LogP contribution is -2.05. The van der Waals surface area contributed by atoms with Crippen LogP contribution in [-0.2, 0) is 6.54 Å². The quantitative estimate of drug-likeness (QED) is 0.623. The second kappa shape index (κ2) is 6.78. The highest BCUT2D eigenvalue weighted by molar-refractivity contribution is 5.85. The maximum Gasteiger partial charge on any atom is 0.0682 e. The molecule has 3 rings (SSSR count). The van der Waals surface area contributed by atoms with Gasteiger partial charge in [-0.15, -0.1) is 0 Å². The average Bonchev–Trinajstić information content (AvgIpc) is 2.96. The van der Waals surface area contributed by atoms with Crippen LogP contribution in [0.2, 0.25) is 0 Å². The summed E-state index contributed by atoms with van der Waals surface area (Å²) in [7, 11) is 0. The highest BCUT2D eigenvalue weighted by Gasteiger charge is 2.06. The fourth-order valence-corrected chi connectivity index (χ4v) is 2.86. The molecule has 0 aliphatic rings.